The summed E-state index contributed by atoms with van der Waals surface area (Å²) >= 11 is 0. The lowest BCUT2D eigenvalue weighted by atomic mass is 10.1. The minimum atomic E-state index is 0.0465. The van der Waals surface area contributed by atoms with Crippen molar-refractivity contribution < 1.29 is 9.21 Å². The van der Waals surface area contributed by atoms with Gasteiger partial charge in [-0.2, -0.15) is 0 Å². The average molecular weight is 454 g/mol. The van der Waals surface area contributed by atoms with Crippen molar-refractivity contribution in [2.24, 2.45) is 0 Å². The first-order valence-corrected chi connectivity index (χ1v) is 11.4. The molecule has 5 rings (SSSR count). The summed E-state index contributed by atoms with van der Waals surface area (Å²) in [5.41, 5.74) is 4.39. The molecular weight excluding hydrogens is 426 g/mol. The Morgan fingerprint density at radius 2 is 1.74 bits per heavy atom. The molecule has 0 saturated carbocycles. The molecule has 0 spiro atoms. The number of benzene rings is 2. The fraction of sp³-hybridized carbons (Fsp3) is 0.222. The molecule has 1 aliphatic heterocycles. The summed E-state index contributed by atoms with van der Waals surface area (Å²) in [7, 11) is 2.08. The fourth-order valence-corrected chi connectivity index (χ4v) is 4.02. The van der Waals surface area contributed by atoms with Crippen LogP contribution in [-0.4, -0.2) is 58.9 Å². The smallest absolute Gasteiger partial charge is 0.253 e. The van der Waals surface area contributed by atoms with E-state index in [1.165, 1.54) is 0 Å². The van der Waals surface area contributed by atoms with E-state index in [0.29, 0.717) is 17.2 Å². The van der Waals surface area contributed by atoms with Gasteiger partial charge >= 0.3 is 0 Å². The van der Waals surface area contributed by atoms with E-state index in [9.17, 15) is 4.79 Å². The zero-order valence-corrected chi connectivity index (χ0v) is 19.4. The molecule has 2 aromatic heterocycles. The van der Waals surface area contributed by atoms with Crippen molar-refractivity contribution in [3.63, 3.8) is 0 Å². The molecule has 2 aromatic carbocycles. The highest BCUT2D eigenvalue weighted by Gasteiger charge is 2.21. The lowest BCUT2D eigenvalue weighted by Gasteiger charge is -2.32. The van der Waals surface area contributed by atoms with Gasteiger partial charge in [0.1, 0.15) is 5.82 Å². The van der Waals surface area contributed by atoms with Gasteiger partial charge in [0.05, 0.1) is 6.20 Å². The first-order valence-electron chi connectivity index (χ1n) is 11.4. The third-order valence-electron chi connectivity index (χ3n) is 5.99. The van der Waals surface area contributed by atoms with Gasteiger partial charge in [-0.3, -0.25) is 4.79 Å². The van der Waals surface area contributed by atoms with Gasteiger partial charge in [-0.05, 0) is 62.0 Å². The lowest BCUT2D eigenvalue weighted by molar-refractivity contribution is 0.0664. The second-order valence-corrected chi connectivity index (χ2v) is 8.63. The van der Waals surface area contributed by atoms with Gasteiger partial charge in [0.2, 0.25) is 5.89 Å². The summed E-state index contributed by atoms with van der Waals surface area (Å²) in [6.45, 7) is 5.30. The predicted octanol–water partition coefficient (Wildman–Crippen LogP) is 4.84. The average Bonchev–Trinajstić information content (AvgIpc) is 3.35. The van der Waals surface area contributed by atoms with Gasteiger partial charge in [-0.15, -0.1) is 0 Å². The SMILES string of the molecule is Cc1ccnc(Nc2cccc(-c3cnc(-c4cccc(C(=O)N5CCN(C)CC5)c4)o3)c2)c1. The van der Waals surface area contributed by atoms with E-state index < -0.39 is 0 Å². The molecule has 1 aliphatic rings. The molecule has 0 unspecified atom stereocenters. The zero-order chi connectivity index (χ0) is 23.5. The summed E-state index contributed by atoms with van der Waals surface area (Å²) in [5, 5.41) is 3.33. The molecule has 7 nitrogen and oxygen atoms in total. The Hall–Kier alpha value is -3.97. The van der Waals surface area contributed by atoms with E-state index in [0.717, 1.165) is 54.4 Å². The quantitative estimate of drug-likeness (QED) is 0.466. The number of aromatic nitrogens is 2. The van der Waals surface area contributed by atoms with E-state index in [1.54, 1.807) is 12.4 Å². The van der Waals surface area contributed by atoms with Gasteiger partial charge in [-0.25, -0.2) is 9.97 Å². The molecular formula is C27H27N5O2. The minimum Gasteiger partial charge on any atom is -0.436 e. The number of carbonyl (C=O) groups is 1. The van der Waals surface area contributed by atoms with Gasteiger partial charge in [-0.1, -0.05) is 18.2 Å². The van der Waals surface area contributed by atoms with Crippen molar-refractivity contribution in [2.45, 2.75) is 6.92 Å². The van der Waals surface area contributed by atoms with E-state index >= 15 is 0 Å². The van der Waals surface area contributed by atoms with Crippen molar-refractivity contribution in [1.29, 1.82) is 0 Å². The molecule has 34 heavy (non-hydrogen) atoms. The predicted molar refractivity (Wildman–Crippen MR) is 133 cm³/mol. The Kier molecular flexibility index (Phi) is 6.10. The van der Waals surface area contributed by atoms with Crippen LogP contribution >= 0.6 is 0 Å². The highest BCUT2D eigenvalue weighted by molar-refractivity contribution is 5.95. The van der Waals surface area contributed by atoms with Crippen molar-refractivity contribution >= 4 is 17.4 Å². The molecule has 0 radical (unpaired) electrons. The molecule has 1 saturated heterocycles. The maximum absolute atomic E-state index is 13.0. The lowest BCUT2D eigenvalue weighted by Crippen LogP contribution is -2.47. The molecule has 1 fully saturated rings. The largest absolute Gasteiger partial charge is 0.436 e. The van der Waals surface area contributed by atoms with Gasteiger partial charge in [0.15, 0.2) is 5.76 Å². The number of carbonyl (C=O) groups excluding carboxylic acids is 1. The van der Waals surface area contributed by atoms with Crippen LogP contribution in [-0.2, 0) is 0 Å². The highest BCUT2D eigenvalue weighted by Crippen LogP contribution is 2.29. The van der Waals surface area contributed by atoms with Crippen LogP contribution in [0.5, 0.6) is 0 Å². The Labute approximate surface area is 199 Å². The number of hydrogen-bond acceptors (Lipinski definition) is 6. The van der Waals surface area contributed by atoms with Gasteiger partial charge in [0.25, 0.3) is 5.91 Å². The summed E-state index contributed by atoms with van der Waals surface area (Å²) < 4.78 is 6.09. The van der Waals surface area contributed by atoms with Crippen molar-refractivity contribution in [1.82, 2.24) is 19.8 Å². The van der Waals surface area contributed by atoms with Crippen LogP contribution in [0.4, 0.5) is 11.5 Å². The third-order valence-corrected chi connectivity index (χ3v) is 5.99. The van der Waals surface area contributed by atoms with Gasteiger partial charge < -0.3 is 19.5 Å². The number of amides is 1. The number of nitrogens with one attached hydrogen (secondary N) is 1. The number of piperazine rings is 1. The van der Waals surface area contributed by atoms with E-state index in [-0.39, 0.29) is 5.91 Å². The first kappa shape index (κ1) is 21.9. The molecule has 0 atom stereocenters. The molecule has 172 valence electrons. The second kappa shape index (κ2) is 9.49. The maximum atomic E-state index is 13.0. The second-order valence-electron chi connectivity index (χ2n) is 8.63. The van der Waals surface area contributed by atoms with Crippen LogP contribution in [0.1, 0.15) is 15.9 Å². The number of anilines is 2. The van der Waals surface area contributed by atoms with Crippen molar-refractivity contribution in [2.75, 3.05) is 38.5 Å². The van der Waals surface area contributed by atoms with E-state index in [2.05, 4.69) is 27.2 Å². The normalized spacial score (nSPS) is 14.2. The first-order chi connectivity index (χ1) is 16.5. The number of likely N-dealkylation sites (N-methyl/N-ethyl adjacent to an activating group) is 1. The number of hydrogen-bond donors (Lipinski definition) is 1. The maximum Gasteiger partial charge on any atom is 0.253 e. The summed E-state index contributed by atoms with van der Waals surface area (Å²) in [5.74, 6) is 1.98. The van der Waals surface area contributed by atoms with Crippen LogP contribution in [0.25, 0.3) is 22.8 Å². The third kappa shape index (κ3) is 4.84. The summed E-state index contributed by atoms with van der Waals surface area (Å²) in [6.07, 6.45) is 3.50. The number of rotatable bonds is 5. The Balaban J connectivity index is 1.34. The van der Waals surface area contributed by atoms with Crippen molar-refractivity contribution in [3.05, 3.63) is 84.2 Å². The zero-order valence-electron chi connectivity index (χ0n) is 19.4. The van der Waals surface area contributed by atoms with Crippen LogP contribution in [0.15, 0.2) is 77.5 Å². The van der Waals surface area contributed by atoms with Gasteiger partial charge in [0, 0.05) is 54.8 Å². The van der Waals surface area contributed by atoms with Crippen LogP contribution in [0.2, 0.25) is 0 Å². The molecule has 1 amide bonds. The van der Waals surface area contributed by atoms with E-state index in [4.69, 9.17) is 4.42 Å². The molecule has 1 N–H and O–H groups in total. The van der Waals surface area contributed by atoms with Crippen molar-refractivity contribution in [3.8, 4) is 22.8 Å². The fourth-order valence-electron chi connectivity index (χ4n) is 4.02. The topological polar surface area (TPSA) is 74.5 Å². The summed E-state index contributed by atoms with van der Waals surface area (Å²) in [4.78, 5) is 25.9. The number of aryl methyl sites for hydroxylation is 1. The van der Waals surface area contributed by atoms with Crippen LogP contribution < -0.4 is 5.32 Å². The van der Waals surface area contributed by atoms with E-state index in [1.807, 2.05) is 72.5 Å². The Morgan fingerprint density at radius 1 is 0.941 bits per heavy atom. The monoisotopic (exact) mass is 453 g/mol. The Morgan fingerprint density at radius 3 is 2.56 bits per heavy atom. The molecule has 0 aliphatic carbocycles. The highest BCUT2D eigenvalue weighted by atomic mass is 16.4. The Bertz CT molecular complexity index is 1310. The molecule has 3 heterocycles. The summed E-state index contributed by atoms with van der Waals surface area (Å²) in [6, 6.07) is 19.4. The number of pyridine rings is 1. The minimum absolute atomic E-state index is 0.0465. The number of oxazole rings is 1. The molecule has 7 heteroatoms. The van der Waals surface area contributed by atoms with Crippen LogP contribution in [0.3, 0.4) is 0 Å². The molecule has 4 aromatic rings. The van der Waals surface area contributed by atoms with Crippen LogP contribution in [0, 0.1) is 6.92 Å². The number of nitrogens with zero attached hydrogens (tertiary/aromatic N) is 4. The molecule has 0 bridgehead atoms. The standard InChI is InChI=1S/C27H27N5O2/c1-19-9-10-28-25(15-19)30-23-8-4-5-20(17-23)24-18-29-26(34-24)21-6-3-7-22(16-21)27(33)32-13-11-31(2)12-14-32/h3-10,15-18H,11-14H2,1-2H3,(H,28,30).